The summed E-state index contributed by atoms with van der Waals surface area (Å²) in [7, 11) is 0. The van der Waals surface area contributed by atoms with E-state index in [0.29, 0.717) is 12.2 Å². The van der Waals surface area contributed by atoms with E-state index >= 15 is 0 Å². The molecule has 0 saturated carbocycles. The van der Waals surface area contributed by atoms with Gasteiger partial charge < -0.3 is 0 Å². The van der Waals surface area contributed by atoms with Crippen LogP contribution in [0.1, 0.15) is 42.2 Å². The molecule has 0 aromatic carbocycles. The Bertz CT molecular complexity index is 930. The van der Waals surface area contributed by atoms with Crippen LogP contribution in [0, 0.1) is 13.8 Å². The van der Waals surface area contributed by atoms with E-state index in [4.69, 9.17) is 0 Å². The normalized spacial score (nSPS) is 14.0. The van der Waals surface area contributed by atoms with Gasteiger partial charge in [0.05, 0.1) is 11.2 Å². The van der Waals surface area contributed by atoms with Gasteiger partial charge in [0, 0.05) is 29.9 Å². The molecule has 0 fully saturated rings. The number of thiazole rings is 1. The topological polar surface area (TPSA) is 59.3 Å². The van der Waals surface area contributed by atoms with Crippen molar-refractivity contribution in [3.63, 3.8) is 0 Å². The SMILES string of the molecule is CC[C@](C)(NCc1cc(=O)n2cccc(C)c2n1)c1nc(C)cs1. The summed E-state index contributed by atoms with van der Waals surface area (Å²) in [5.41, 5.74) is 3.22. The number of fused-ring (bicyclic) bond motifs is 1. The predicted octanol–water partition coefficient (Wildman–Crippen LogP) is 3.18. The highest BCUT2D eigenvalue weighted by Gasteiger charge is 2.27. The van der Waals surface area contributed by atoms with Crippen LogP contribution in [-0.2, 0) is 12.1 Å². The smallest absolute Gasteiger partial charge is 0.258 e. The van der Waals surface area contributed by atoms with Crippen molar-refractivity contribution in [2.45, 2.75) is 46.2 Å². The molecule has 1 atom stereocenters. The number of nitrogens with one attached hydrogen (secondary N) is 1. The van der Waals surface area contributed by atoms with E-state index in [1.165, 1.54) is 0 Å². The number of hydrogen-bond acceptors (Lipinski definition) is 5. The van der Waals surface area contributed by atoms with Crippen molar-refractivity contribution in [3.8, 4) is 0 Å². The molecule has 0 aliphatic rings. The van der Waals surface area contributed by atoms with Crippen LogP contribution >= 0.6 is 11.3 Å². The Hall–Kier alpha value is -2.05. The Labute approximate surface area is 145 Å². The van der Waals surface area contributed by atoms with E-state index in [1.807, 2.05) is 26.0 Å². The first kappa shape index (κ1) is 16.8. The van der Waals surface area contributed by atoms with Gasteiger partial charge in [0.25, 0.3) is 5.56 Å². The van der Waals surface area contributed by atoms with Crippen molar-refractivity contribution in [1.82, 2.24) is 19.7 Å². The molecule has 0 saturated heterocycles. The van der Waals surface area contributed by atoms with Crippen molar-refractivity contribution in [1.29, 1.82) is 0 Å². The van der Waals surface area contributed by atoms with Gasteiger partial charge in [-0.1, -0.05) is 13.0 Å². The van der Waals surface area contributed by atoms with Crippen molar-refractivity contribution in [2.24, 2.45) is 0 Å². The minimum atomic E-state index is -0.225. The number of aryl methyl sites for hydroxylation is 2. The molecule has 0 radical (unpaired) electrons. The molecule has 126 valence electrons. The average molecular weight is 342 g/mol. The first-order chi connectivity index (χ1) is 11.4. The Balaban J connectivity index is 1.90. The lowest BCUT2D eigenvalue weighted by molar-refractivity contribution is 0.347. The maximum absolute atomic E-state index is 12.3. The summed E-state index contributed by atoms with van der Waals surface area (Å²) < 4.78 is 1.59. The molecule has 3 aromatic rings. The molecule has 0 aliphatic carbocycles. The average Bonchev–Trinajstić information content (AvgIpc) is 3.01. The standard InChI is InChI=1S/C18H22N4OS/c1-5-18(4,17-20-13(3)11-24-17)19-10-14-9-15(23)22-8-6-7-12(2)16(22)21-14/h6-9,11,19H,5,10H2,1-4H3/t18-/m0/s1. The third-order valence-corrected chi connectivity index (χ3v) is 5.62. The summed E-state index contributed by atoms with van der Waals surface area (Å²) in [5.74, 6) is 0. The zero-order valence-corrected chi connectivity index (χ0v) is 15.3. The van der Waals surface area contributed by atoms with E-state index in [1.54, 1.807) is 28.0 Å². The fraction of sp³-hybridized carbons (Fsp3) is 0.389. The van der Waals surface area contributed by atoms with Crippen LogP contribution in [-0.4, -0.2) is 14.4 Å². The molecule has 0 aliphatic heterocycles. The van der Waals surface area contributed by atoms with Gasteiger partial charge in [-0.25, -0.2) is 9.97 Å². The lowest BCUT2D eigenvalue weighted by Crippen LogP contribution is -2.39. The third kappa shape index (κ3) is 3.12. The summed E-state index contributed by atoms with van der Waals surface area (Å²) in [5, 5.41) is 6.67. The minimum Gasteiger partial charge on any atom is -0.300 e. The first-order valence-corrected chi connectivity index (χ1v) is 8.96. The quantitative estimate of drug-likeness (QED) is 0.774. The summed E-state index contributed by atoms with van der Waals surface area (Å²) in [6.45, 7) is 8.78. The van der Waals surface area contributed by atoms with Crippen LogP contribution in [0.25, 0.3) is 5.65 Å². The minimum absolute atomic E-state index is 0.0520. The Morgan fingerprint density at radius 1 is 1.33 bits per heavy atom. The monoisotopic (exact) mass is 342 g/mol. The summed E-state index contributed by atoms with van der Waals surface area (Å²) >= 11 is 1.66. The molecule has 1 N–H and O–H groups in total. The Morgan fingerprint density at radius 2 is 2.12 bits per heavy atom. The maximum atomic E-state index is 12.3. The van der Waals surface area contributed by atoms with Gasteiger partial charge in [0.15, 0.2) is 0 Å². The molecule has 24 heavy (non-hydrogen) atoms. The van der Waals surface area contributed by atoms with Gasteiger partial charge in [-0.05, 0) is 38.8 Å². The highest BCUT2D eigenvalue weighted by Crippen LogP contribution is 2.27. The van der Waals surface area contributed by atoms with Crippen molar-refractivity contribution >= 4 is 17.0 Å². The van der Waals surface area contributed by atoms with E-state index in [2.05, 4.69) is 34.5 Å². The highest BCUT2D eigenvalue weighted by atomic mass is 32.1. The molecule has 5 nitrogen and oxygen atoms in total. The van der Waals surface area contributed by atoms with Crippen LogP contribution < -0.4 is 10.9 Å². The number of rotatable bonds is 5. The second-order valence-corrected chi connectivity index (χ2v) is 7.16. The molecule has 0 amide bonds. The van der Waals surface area contributed by atoms with E-state index < -0.39 is 0 Å². The number of nitrogens with zero attached hydrogens (tertiary/aromatic N) is 3. The fourth-order valence-electron chi connectivity index (χ4n) is 2.64. The van der Waals surface area contributed by atoms with Crippen LogP contribution in [0.15, 0.2) is 34.6 Å². The van der Waals surface area contributed by atoms with Crippen molar-refractivity contribution < 1.29 is 0 Å². The van der Waals surface area contributed by atoms with Crippen LogP contribution in [0.4, 0.5) is 0 Å². The van der Waals surface area contributed by atoms with Crippen LogP contribution in [0.5, 0.6) is 0 Å². The Kier molecular flexibility index (Phi) is 4.51. The number of aromatic nitrogens is 3. The number of hydrogen-bond donors (Lipinski definition) is 1. The second kappa shape index (κ2) is 6.45. The molecule has 0 bridgehead atoms. The lowest BCUT2D eigenvalue weighted by atomic mass is 9.99. The molecule has 3 heterocycles. The van der Waals surface area contributed by atoms with Crippen LogP contribution in [0.3, 0.4) is 0 Å². The molecule has 0 unspecified atom stereocenters. The van der Waals surface area contributed by atoms with Crippen molar-refractivity contribution in [2.75, 3.05) is 0 Å². The lowest BCUT2D eigenvalue weighted by Gasteiger charge is -2.27. The summed E-state index contributed by atoms with van der Waals surface area (Å²) in [4.78, 5) is 21.6. The van der Waals surface area contributed by atoms with Gasteiger partial charge in [0.1, 0.15) is 10.7 Å². The van der Waals surface area contributed by atoms with Crippen molar-refractivity contribution in [3.05, 3.63) is 62.1 Å². The fourth-order valence-corrected chi connectivity index (χ4v) is 3.65. The largest absolute Gasteiger partial charge is 0.300 e. The van der Waals surface area contributed by atoms with E-state index in [-0.39, 0.29) is 11.1 Å². The molecular formula is C18H22N4OS. The number of pyridine rings is 1. The molecule has 6 heteroatoms. The Morgan fingerprint density at radius 3 is 2.79 bits per heavy atom. The van der Waals surface area contributed by atoms with E-state index in [0.717, 1.165) is 28.4 Å². The molecule has 3 rings (SSSR count). The van der Waals surface area contributed by atoms with Crippen LogP contribution in [0.2, 0.25) is 0 Å². The first-order valence-electron chi connectivity index (χ1n) is 8.08. The van der Waals surface area contributed by atoms with Gasteiger partial charge >= 0.3 is 0 Å². The summed E-state index contributed by atoms with van der Waals surface area (Å²) in [6, 6.07) is 5.43. The zero-order chi connectivity index (χ0) is 17.3. The molecule has 0 spiro atoms. The van der Waals surface area contributed by atoms with Gasteiger partial charge in [-0.3, -0.25) is 14.5 Å². The molecule has 3 aromatic heterocycles. The summed E-state index contributed by atoms with van der Waals surface area (Å²) in [6.07, 6.45) is 2.66. The van der Waals surface area contributed by atoms with Gasteiger partial charge in [-0.15, -0.1) is 11.3 Å². The third-order valence-electron chi connectivity index (χ3n) is 4.40. The predicted molar refractivity (Wildman–Crippen MR) is 97.5 cm³/mol. The highest BCUT2D eigenvalue weighted by molar-refractivity contribution is 7.09. The van der Waals surface area contributed by atoms with Gasteiger partial charge in [-0.2, -0.15) is 0 Å². The zero-order valence-electron chi connectivity index (χ0n) is 14.5. The maximum Gasteiger partial charge on any atom is 0.258 e. The second-order valence-electron chi connectivity index (χ2n) is 6.30. The van der Waals surface area contributed by atoms with Gasteiger partial charge in [0.2, 0.25) is 0 Å². The van der Waals surface area contributed by atoms with E-state index in [9.17, 15) is 4.79 Å². The molecular weight excluding hydrogens is 320 g/mol.